The van der Waals surface area contributed by atoms with Gasteiger partial charge < -0.3 is 24.3 Å². The minimum atomic E-state index is -0.172. The summed E-state index contributed by atoms with van der Waals surface area (Å²) in [5, 5.41) is 7.20. The lowest BCUT2D eigenvalue weighted by molar-refractivity contribution is 0.0169. The van der Waals surface area contributed by atoms with Crippen LogP contribution in [0.1, 0.15) is 35.2 Å². The topological polar surface area (TPSA) is 110 Å². The average Bonchev–Trinajstić information content (AvgIpc) is 3.35. The molecule has 0 bridgehead atoms. The van der Waals surface area contributed by atoms with Crippen LogP contribution in [0.4, 0.5) is 0 Å². The fourth-order valence-electron chi connectivity index (χ4n) is 3.54. The monoisotopic (exact) mass is 453 g/mol. The fourth-order valence-corrected chi connectivity index (χ4v) is 3.54. The Labute approximate surface area is 191 Å². The predicted molar refractivity (Wildman–Crippen MR) is 119 cm³/mol. The van der Waals surface area contributed by atoms with Crippen LogP contribution >= 0.6 is 0 Å². The molecule has 4 heterocycles. The van der Waals surface area contributed by atoms with Gasteiger partial charge in [0.25, 0.3) is 11.8 Å². The number of ether oxygens (including phenoxy) is 4. The summed E-state index contributed by atoms with van der Waals surface area (Å²) in [4.78, 5) is 20.9. The van der Waals surface area contributed by atoms with E-state index in [1.165, 1.54) is 13.3 Å². The van der Waals surface area contributed by atoms with Crippen LogP contribution in [0, 0.1) is 0 Å². The number of aromatic nitrogens is 4. The molecule has 4 rings (SSSR count). The van der Waals surface area contributed by atoms with Crippen LogP contribution in [0.5, 0.6) is 17.4 Å². The molecule has 1 saturated heterocycles. The van der Waals surface area contributed by atoms with Crippen molar-refractivity contribution in [3.05, 3.63) is 54.1 Å². The zero-order valence-electron chi connectivity index (χ0n) is 18.7. The van der Waals surface area contributed by atoms with Gasteiger partial charge in [0, 0.05) is 31.1 Å². The summed E-state index contributed by atoms with van der Waals surface area (Å²) < 4.78 is 23.7. The molecule has 1 atom stereocenters. The number of hydrogen-bond acceptors (Lipinski definition) is 8. The van der Waals surface area contributed by atoms with Gasteiger partial charge >= 0.3 is 0 Å². The highest BCUT2D eigenvalue weighted by Gasteiger charge is 2.16. The van der Waals surface area contributed by atoms with Crippen molar-refractivity contribution >= 4 is 5.91 Å². The summed E-state index contributed by atoms with van der Waals surface area (Å²) in [7, 11) is 3.09. The van der Waals surface area contributed by atoms with Crippen LogP contribution in [-0.2, 0) is 11.3 Å². The van der Waals surface area contributed by atoms with E-state index in [9.17, 15) is 4.79 Å². The lowest BCUT2D eigenvalue weighted by Gasteiger charge is -2.22. The molecular formula is C23H27N5O5. The first-order chi connectivity index (χ1) is 16.2. The zero-order valence-corrected chi connectivity index (χ0v) is 18.7. The average molecular weight is 453 g/mol. The van der Waals surface area contributed by atoms with E-state index in [2.05, 4.69) is 20.4 Å². The standard InChI is InChI=1S/C23H27N5O5/c1-30-21-17(8-9-24-23(21)31-2)15-33-19-13-27-28(14-19)20-7-6-16(11-25-20)22(29)26-12-18-5-3-4-10-32-18/h6-9,11,13-14,18H,3-5,10,12,15H2,1-2H3,(H,26,29). The molecule has 0 aromatic carbocycles. The van der Waals surface area contributed by atoms with Crippen molar-refractivity contribution in [2.75, 3.05) is 27.4 Å². The minimum absolute atomic E-state index is 0.0885. The molecular weight excluding hydrogens is 426 g/mol. The van der Waals surface area contributed by atoms with Gasteiger partial charge in [0.15, 0.2) is 17.3 Å². The molecule has 1 amide bonds. The number of hydrogen-bond donors (Lipinski definition) is 1. The normalized spacial score (nSPS) is 15.6. The Kier molecular flexibility index (Phi) is 7.36. The minimum Gasteiger partial charge on any atom is -0.491 e. The molecule has 3 aromatic heterocycles. The van der Waals surface area contributed by atoms with E-state index in [0.29, 0.717) is 35.3 Å². The van der Waals surface area contributed by atoms with E-state index in [0.717, 1.165) is 31.4 Å². The highest BCUT2D eigenvalue weighted by Crippen LogP contribution is 2.29. The van der Waals surface area contributed by atoms with Crippen molar-refractivity contribution in [3.63, 3.8) is 0 Å². The van der Waals surface area contributed by atoms with Crippen LogP contribution in [-0.4, -0.2) is 59.1 Å². The zero-order chi connectivity index (χ0) is 23.0. The first-order valence-corrected chi connectivity index (χ1v) is 10.8. The molecule has 10 nitrogen and oxygen atoms in total. The summed E-state index contributed by atoms with van der Waals surface area (Å²) in [5.74, 6) is 1.88. The Morgan fingerprint density at radius 1 is 1.18 bits per heavy atom. The molecule has 0 spiro atoms. The molecule has 1 aliphatic rings. The van der Waals surface area contributed by atoms with Gasteiger partial charge in [0.1, 0.15) is 6.61 Å². The molecule has 1 unspecified atom stereocenters. The van der Waals surface area contributed by atoms with Gasteiger partial charge in [-0.2, -0.15) is 5.10 Å². The number of pyridine rings is 2. The number of nitrogens with one attached hydrogen (secondary N) is 1. The SMILES string of the molecule is COc1nccc(COc2cnn(-c3ccc(C(=O)NCC4CCCCO4)cn3)c2)c1OC. The van der Waals surface area contributed by atoms with E-state index < -0.39 is 0 Å². The van der Waals surface area contributed by atoms with Gasteiger partial charge in [-0.3, -0.25) is 4.79 Å². The first kappa shape index (κ1) is 22.5. The molecule has 0 aliphatic carbocycles. The molecule has 3 aromatic rings. The number of carbonyl (C=O) groups excluding carboxylic acids is 1. The summed E-state index contributed by atoms with van der Waals surface area (Å²) >= 11 is 0. The third-order valence-electron chi connectivity index (χ3n) is 5.31. The van der Waals surface area contributed by atoms with Gasteiger partial charge in [-0.15, -0.1) is 0 Å². The summed E-state index contributed by atoms with van der Waals surface area (Å²) in [6, 6.07) is 5.26. The summed E-state index contributed by atoms with van der Waals surface area (Å²) in [5.41, 5.74) is 1.28. The van der Waals surface area contributed by atoms with Gasteiger partial charge in [-0.1, -0.05) is 0 Å². The molecule has 174 valence electrons. The van der Waals surface area contributed by atoms with Crippen molar-refractivity contribution in [3.8, 4) is 23.2 Å². The Morgan fingerprint density at radius 3 is 2.82 bits per heavy atom. The van der Waals surface area contributed by atoms with Crippen LogP contribution in [0.3, 0.4) is 0 Å². The van der Waals surface area contributed by atoms with E-state index in [-0.39, 0.29) is 18.6 Å². The predicted octanol–water partition coefficient (Wildman–Crippen LogP) is 2.56. The van der Waals surface area contributed by atoms with Crippen molar-refractivity contribution in [2.24, 2.45) is 0 Å². The Hall–Kier alpha value is -3.66. The number of carbonyl (C=O) groups is 1. The molecule has 1 N–H and O–H groups in total. The summed E-state index contributed by atoms with van der Waals surface area (Å²) in [6.07, 6.45) is 9.76. The second-order valence-corrected chi connectivity index (χ2v) is 7.53. The van der Waals surface area contributed by atoms with Crippen molar-refractivity contribution in [2.45, 2.75) is 32.0 Å². The first-order valence-electron chi connectivity index (χ1n) is 10.8. The number of rotatable bonds is 9. The van der Waals surface area contributed by atoms with Gasteiger partial charge in [-0.25, -0.2) is 14.6 Å². The Morgan fingerprint density at radius 2 is 2.09 bits per heavy atom. The molecule has 0 radical (unpaired) electrons. The fraction of sp³-hybridized carbons (Fsp3) is 0.391. The number of amides is 1. The maximum atomic E-state index is 12.4. The van der Waals surface area contributed by atoms with Gasteiger partial charge in [0.2, 0.25) is 0 Å². The quantitative estimate of drug-likeness (QED) is 0.526. The van der Waals surface area contributed by atoms with Crippen molar-refractivity contribution in [1.29, 1.82) is 0 Å². The lowest BCUT2D eigenvalue weighted by atomic mass is 10.1. The molecule has 10 heteroatoms. The number of methoxy groups -OCH3 is 2. The second kappa shape index (κ2) is 10.8. The van der Waals surface area contributed by atoms with E-state index in [1.54, 1.807) is 48.6 Å². The second-order valence-electron chi connectivity index (χ2n) is 7.53. The van der Waals surface area contributed by atoms with Crippen LogP contribution in [0.2, 0.25) is 0 Å². The maximum Gasteiger partial charge on any atom is 0.257 e. The molecule has 1 fully saturated rings. The van der Waals surface area contributed by atoms with E-state index >= 15 is 0 Å². The third-order valence-corrected chi connectivity index (χ3v) is 5.31. The van der Waals surface area contributed by atoms with Crippen LogP contribution < -0.4 is 19.5 Å². The third kappa shape index (κ3) is 5.58. The van der Waals surface area contributed by atoms with Crippen molar-refractivity contribution < 1.29 is 23.7 Å². The van der Waals surface area contributed by atoms with Gasteiger partial charge in [0.05, 0.1) is 38.3 Å². The van der Waals surface area contributed by atoms with Gasteiger partial charge in [-0.05, 0) is 37.5 Å². The molecule has 1 aliphatic heterocycles. The largest absolute Gasteiger partial charge is 0.491 e. The highest BCUT2D eigenvalue weighted by atomic mass is 16.5. The van der Waals surface area contributed by atoms with E-state index in [4.69, 9.17) is 18.9 Å². The molecule has 0 saturated carbocycles. The molecule has 33 heavy (non-hydrogen) atoms. The van der Waals surface area contributed by atoms with Crippen molar-refractivity contribution in [1.82, 2.24) is 25.1 Å². The maximum absolute atomic E-state index is 12.4. The smallest absolute Gasteiger partial charge is 0.257 e. The highest BCUT2D eigenvalue weighted by molar-refractivity contribution is 5.93. The summed E-state index contributed by atoms with van der Waals surface area (Å²) in [6.45, 7) is 1.52. The Bertz CT molecular complexity index is 1060. The van der Waals surface area contributed by atoms with Crippen LogP contribution in [0.25, 0.3) is 5.82 Å². The Balaban J connectivity index is 1.34. The number of nitrogens with zero attached hydrogens (tertiary/aromatic N) is 4. The lowest BCUT2D eigenvalue weighted by Crippen LogP contribution is -2.35. The van der Waals surface area contributed by atoms with Crippen LogP contribution in [0.15, 0.2) is 43.0 Å². The van der Waals surface area contributed by atoms with E-state index in [1.807, 2.05) is 0 Å².